The highest BCUT2D eigenvalue weighted by Gasteiger charge is 2.32. The SMILES string of the molecule is CNC(=O)c1ccc(C[C@H](N)C(=O)N2CCCC[C@H]2c2ncc(-c3ccccc3)[nH]2)cc1. The number of piperidine rings is 1. The van der Waals surface area contributed by atoms with E-state index in [2.05, 4.69) is 15.3 Å². The number of benzene rings is 2. The third-order valence-corrected chi connectivity index (χ3v) is 6.00. The number of aromatic amines is 1. The van der Waals surface area contributed by atoms with Crippen LogP contribution in [0.4, 0.5) is 0 Å². The molecule has 0 aliphatic carbocycles. The molecule has 7 heteroatoms. The molecule has 1 aliphatic rings. The van der Waals surface area contributed by atoms with Crippen LogP contribution in [0.3, 0.4) is 0 Å². The summed E-state index contributed by atoms with van der Waals surface area (Å²) in [5.74, 6) is 0.600. The standard InChI is InChI=1S/C25H29N5O2/c1-27-24(31)19-12-10-17(11-13-19)15-20(26)25(32)30-14-6-5-9-22(30)23-28-16-21(29-23)18-7-3-2-4-8-18/h2-4,7-8,10-13,16,20,22H,5-6,9,14-15,26H2,1H3,(H,27,31)(H,28,29)/t20-,22-/m0/s1. The van der Waals surface area contributed by atoms with E-state index in [9.17, 15) is 9.59 Å². The number of H-pyrrole nitrogens is 1. The molecule has 4 rings (SSSR count). The lowest BCUT2D eigenvalue weighted by atomic mass is 9.98. The molecule has 0 unspecified atom stereocenters. The second-order valence-corrected chi connectivity index (χ2v) is 8.18. The van der Waals surface area contributed by atoms with E-state index >= 15 is 0 Å². The van der Waals surface area contributed by atoms with Crippen LogP contribution in [0.5, 0.6) is 0 Å². The van der Waals surface area contributed by atoms with Crippen molar-refractivity contribution in [2.24, 2.45) is 5.73 Å². The number of rotatable bonds is 6. The molecule has 2 atom stereocenters. The quantitative estimate of drug-likeness (QED) is 0.558. The Morgan fingerprint density at radius 3 is 2.62 bits per heavy atom. The van der Waals surface area contributed by atoms with Crippen molar-refractivity contribution in [3.05, 3.63) is 77.7 Å². The molecular formula is C25H29N5O2. The minimum Gasteiger partial charge on any atom is -0.355 e. The molecule has 1 aromatic heterocycles. The summed E-state index contributed by atoms with van der Waals surface area (Å²) < 4.78 is 0. The summed E-state index contributed by atoms with van der Waals surface area (Å²) in [5.41, 5.74) is 9.86. The highest BCUT2D eigenvalue weighted by atomic mass is 16.2. The zero-order valence-electron chi connectivity index (χ0n) is 18.3. The molecule has 7 nitrogen and oxygen atoms in total. The van der Waals surface area contributed by atoms with E-state index in [1.165, 1.54) is 0 Å². The summed E-state index contributed by atoms with van der Waals surface area (Å²) in [7, 11) is 1.60. The van der Waals surface area contributed by atoms with Crippen LogP contribution in [-0.4, -0.2) is 46.3 Å². The first-order valence-corrected chi connectivity index (χ1v) is 11.0. The second kappa shape index (κ2) is 9.78. The molecule has 2 heterocycles. The number of likely N-dealkylation sites (tertiary alicyclic amines) is 1. The van der Waals surface area contributed by atoms with Gasteiger partial charge in [-0.3, -0.25) is 9.59 Å². The third kappa shape index (κ3) is 4.73. The first-order chi connectivity index (χ1) is 15.6. The fraction of sp³-hybridized carbons (Fsp3) is 0.320. The van der Waals surface area contributed by atoms with Crippen LogP contribution >= 0.6 is 0 Å². The number of nitrogens with one attached hydrogen (secondary N) is 2. The minimum atomic E-state index is -0.648. The zero-order chi connectivity index (χ0) is 22.5. The van der Waals surface area contributed by atoms with E-state index in [0.29, 0.717) is 18.5 Å². The number of hydrogen-bond donors (Lipinski definition) is 3. The smallest absolute Gasteiger partial charge is 0.251 e. The topological polar surface area (TPSA) is 104 Å². The maximum Gasteiger partial charge on any atom is 0.251 e. The lowest BCUT2D eigenvalue weighted by Gasteiger charge is -2.36. The van der Waals surface area contributed by atoms with Gasteiger partial charge in [-0.15, -0.1) is 0 Å². The van der Waals surface area contributed by atoms with Crippen LogP contribution in [0.2, 0.25) is 0 Å². The average molecular weight is 432 g/mol. The summed E-state index contributed by atoms with van der Waals surface area (Å²) in [6.45, 7) is 0.675. The fourth-order valence-corrected chi connectivity index (χ4v) is 4.24. The second-order valence-electron chi connectivity index (χ2n) is 8.18. The van der Waals surface area contributed by atoms with Crippen molar-refractivity contribution in [3.63, 3.8) is 0 Å². The highest BCUT2D eigenvalue weighted by Crippen LogP contribution is 2.31. The number of aromatic nitrogens is 2. The monoisotopic (exact) mass is 431 g/mol. The average Bonchev–Trinajstić information content (AvgIpc) is 3.34. The predicted molar refractivity (Wildman–Crippen MR) is 124 cm³/mol. The van der Waals surface area contributed by atoms with Gasteiger partial charge in [0.05, 0.1) is 24.0 Å². The minimum absolute atomic E-state index is 0.0669. The van der Waals surface area contributed by atoms with E-state index in [4.69, 9.17) is 5.73 Å². The van der Waals surface area contributed by atoms with Gasteiger partial charge in [-0.2, -0.15) is 0 Å². The van der Waals surface area contributed by atoms with Gasteiger partial charge < -0.3 is 20.9 Å². The number of amides is 2. The Labute approximate surface area is 188 Å². The Kier molecular flexibility index (Phi) is 6.66. The Bertz CT molecular complexity index is 1060. The molecule has 4 N–H and O–H groups in total. The van der Waals surface area contributed by atoms with Gasteiger partial charge in [0.1, 0.15) is 5.82 Å². The molecule has 2 amide bonds. The largest absolute Gasteiger partial charge is 0.355 e. The van der Waals surface area contributed by atoms with Crippen LogP contribution in [0.15, 0.2) is 60.8 Å². The van der Waals surface area contributed by atoms with Crippen molar-refractivity contribution in [3.8, 4) is 11.3 Å². The van der Waals surface area contributed by atoms with E-state index < -0.39 is 6.04 Å². The maximum atomic E-state index is 13.3. The van der Waals surface area contributed by atoms with Gasteiger partial charge >= 0.3 is 0 Å². The molecule has 0 radical (unpaired) electrons. The fourth-order valence-electron chi connectivity index (χ4n) is 4.24. The maximum absolute atomic E-state index is 13.3. The summed E-state index contributed by atoms with van der Waals surface area (Å²) in [5, 5.41) is 2.60. The number of carbonyl (C=O) groups excluding carboxylic acids is 2. The molecular weight excluding hydrogens is 402 g/mol. The van der Waals surface area contributed by atoms with Crippen molar-refractivity contribution in [2.45, 2.75) is 37.8 Å². The molecule has 0 spiro atoms. The Morgan fingerprint density at radius 1 is 1.16 bits per heavy atom. The Morgan fingerprint density at radius 2 is 1.91 bits per heavy atom. The van der Waals surface area contributed by atoms with Crippen molar-refractivity contribution >= 4 is 11.8 Å². The summed E-state index contributed by atoms with van der Waals surface area (Å²) in [4.78, 5) is 34.9. The van der Waals surface area contributed by atoms with Crippen LogP contribution in [0.1, 0.15) is 47.1 Å². The lowest BCUT2D eigenvalue weighted by molar-refractivity contribution is -0.136. The molecule has 0 saturated carbocycles. The van der Waals surface area contributed by atoms with Crippen molar-refractivity contribution < 1.29 is 9.59 Å². The highest BCUT2D eigenvalue weighted by molar-refractivity contribution is 5.94. The Hall–Kier alpha value is -3.45. The predicted octanol–water partition coefficient (Wildman–Crippen LogP) is 3.06. The van der Waals surface area contributed by atoms with Crippen LogP contribution in [0.25, 0.3) is 11.3 Å². The molecule has 3 aromatic rings. The van der Waals surface area contributed by atoms with Gasteiger partial charge in [0.2, 0.25) is 5.91 Å². The van der Waals surface area contributed by atoms with Crippen molar-refractivity contribution in [2.75, 3.05) is 13.6 Å². The molecule has 1 fully saturated rings. The van der Waals surface area contributed by atoms with Gasteiger partial charge in [0.25, 0.3) is 5.91 Å². The molecule has 32 heavy (non-hydrogen) atoms. The zero-order valence-corrected chi connectivity index (χ0v) is 18.3. The lowest BCUT2D eigenvalue weighted by Crippen LogP contribution is -2.48. The molecule has 2 aromatic carbocycles. The van der Waals surface area contributed by atoms with Gasteiger partial charge in [-0.1, -0.05) is 42.5 Å². The first kappa shape index (κ1) is 21.8. The van der Waals surface area contributed by atoms with Gasteiger partial charge in [0, 0.05) is 19.2 Å². The number of carbonyl (C=O) groups is 2. The molecule has 166 valence electrons. The van der Waals surface area contributed by atoms with Gasteiger partial charge in [-0.05, 0) is 48.9 Å². The molecule has 0 bridgehead atoms. The first-order valence-electron chi connectivity index (χ1n) is 11.0. The van der Waals surface area contributed by atoms with Crippen LogP contribution < -0.4 is 11.1 Å². The number of nitrogens with zero attached hydrogens (tertiary/aromatic N) is 2. The van der Waals surface area contributed by atoms with Gasteiger partial charge in [-0.25, -0.2) is 4.98 Å². The van der Waals surface area contributed by atoms with Gasteiger partial charge in [0.15, 0.2) is 0 Å². The normalized spacial score (nSPS) is 17.1. The summed E-state index contributed by atoms with van der Waals surface area (Å²) >= 11 is 0. The Balaban J connectivity index is 1.47. The number of hydrogen-bond acceptors (Lipinski definition) is 4. The van der Waals surface area contributed by atoms with E-state index in [1.807, 2.05) is 53.6 Å². The number of imidazole rings is 1. The van der Waals surface area contributed by atoms with Crippen molar-refractivity contribution in [1.29, 1.82) is 0 Å². The molecule has 1 saturated heterocycles. The van der Waals surface area contributed by atoms with Crippen LogP contribution in [0, 0.1) is 0 Å². The number of nitrogens with two attached hydrogens (primary N) is 1. The van der Waals surface area contributed by atoms with Crippen LogP contribution in [-0.2, 0) is 11.2 Å². The molecule has 1 aliphatic heterocycles. The van der Waals surface area contributed by atoms with E-state index in [-0.39, 0.29) is 17.9 Å². The summed E-state index contributed by atoms with van der Waals surface area (Å²) in [6, 6.07) is 16.5. The van der Waals surface area contributed by atoms with E-state index in [1.54, 1.807) is 19.2 Å². The third-order valence-electron chi connectivity index (χ3n) is 6.00. The van der Waals surface area contributed by atoms with E-state index in [0.717, 1.165) is 41.9 Å². The summed E-state index contributed by atoms with van der Waals surface area (Å²) in [6.07, 6.45) is 5.12. The van der Waals surface area contributed by atoms with Crippen molar-refractivity contribution in [1.82, 2.24) is 20.2 Å².